The molecule has 1 aromatic rings. The molecule has 1 N–H and O–H groups in total. The molecule has 1 saturated heterocycles. The summed E-state index contributed by atoms with van der Waals surface area (Å²) in [5, 5.41) is 2.67. The summed E-state index contributed by atoms with van der Waals surface area (Å²) in [6.07, 6.45) is 2.11. The van der Waals surface area contributed by atoms with Gasteiger partial charge in [-0.15, -0.1) is 0 Å². The van der Waals surface area contributed by atoms with Gasteiger partial charge >= 0.3 is 6.09 Å². The average Bonchev–Trinajstić information content (AvgIpc) is 2.27. The van der Waals surface area contributed by atoms with Gasteiger partial charge in [0.05, 0.1) is 18.0 Å². The van der Waals surface area contributed by atoms with Crippen LogP contribution in [0.3, 0.4) is 0 Å². The van der Waals surface area contributed by atoms with Gasteiger partial charge in [0.2, 0.25) is 0 Å². The van der Waals surface area contributed by atoms with E-state index in [2.05, 4.69) is 26.2 Å². The van der Waals surface area contributed by atoms with Crippen LogP contribution in [0.4, 0.5) is 10.5 Å². The molecule has 2 heterocycles. The van der Waals surface area contributed by atoms with Crippen LogP contribution in [0.1, 0.15) is 27.2 Å². The molecule has 6 nitrogen and oxygen atoms in total. The number of pyridine rings is 1. The van der Waals surface area contributed by atoms with Gasteiger partial charge in [-0.05, 0) is 42.8 Å². The van der Waals surface area contributed by atoms with E-state index in [4.69, 9.17) is 14.2 Å². The average molecular weight is 359 g/mol. The quantitative estimate of drug-likeness (QED) is 0.835. The zero-order chi connectivity index (χ0) is 15.5. The minimum Gasteiger partial charge on any atom is -0.487 e. The summed E-state index contributed by atoms with van der Waals surface area (Å²) >= 11 is 3.27. The molecule has 1 aliphatic heterocycles. The fraction of sp³-hybridized carbons (Fsp3) is 0.571. The number of ether oxygens (including phenoxy) is 3. The van der Waals surface area contributed by atoms with E-state index in [0.717, 1.165) is 13.0 Å². The minimum absolute atomic E-state index is 0.114. The van der Waals surface area contributed by atoms with Gasteiger partial charge in [0.15, 0.2) is 5.75 Å². The number of nitrogens with zero attached hydrogens (tertiary/aromatic N) is 1. The molecular weight excluding hydrogens is 340 g/mol. The van der Waals surface area contributed by atoms with Crippen LogP contribution in [-0.4, -0.2) is 36.0 Å². The Kier molecular flexibility index (Phi) is 5.05. The Morgan fingerprint density at radius 2 is 2.29 bits per heavy atom. The first kappa shape index (κ1) is 16.0. The van der Waals surface area contributed by atoms with Crippen molar-refractivity contribution in [3.63, 3.8) is 0 Å². The molecule has 1 aromatic heterocycles. The highest BCUT2D eigenvalue weighted by molar-refractivity contribution is 9.10. The van der Waals surface area contributed by atoms with Crippen molar-refractivity contribution < 1.29 is 19.0 Å². The monoisotopic (exact) mass is 358 g/mol. The Morgan fingerprint density at radius 1 is 1.57 bits per heavy atom. The van der Waals surface area contributed by atoms with Crippen molar-refractivity contribution in [2.24, 2.45) is 0 Å². The lowest BCUT2D eigenvalue weighted by atomic mass is 10.2. The van der Waals surface area contributed by atoms with E-state index in [1.165, 1.54) is 0 Å². The van der Waals surface area contributed by atoms with Crippen LogP contribution in [0.2, 0.25) is 0 Å². The second kappa shape index (κ2) is 6.62. The molecular formula is C14H19BrN2O4. The number of anilines is 1. The molecule has 0 radical (unpaired) electrons. The lowest BCUT2D eigenvalue weighted by Crippen LogP contribution is -2.32. The van der Waals surface area contributed by atoms with Crippen LogP contribution in [0.5, 0.6) is 5.75 Å². The molecule has 0 aliphatic carbocycles. The van der Waals surface area contributed by atoms with E-state index in [1.807, 2.05) is 0 Å². The summed E-state index contributed by atoms with van der Waals surface area (Å²) in [6, 6.07) is 1.67. The third-order valence-electron chi connectivity index (χ3n) is 2.69. The Labute approximate surface area is 132 Å². The molecule has 7 heteroatoms. The summed E-state index contributed by atoms with van der Waals surface area (Å²) in [6.45, 7) is 6.63. The van der Waals surface area contributed by atoms with Gasteiger partial charge in [0.1, 0.15) is 16.8 Å². The molecule has 1 amide bonds. The SMILES string of the molecule is CC(C)(C)OC(=O)Nc1cc(Br)ncc1OCC1CCO1. The molecule has 116 valence electrons. The van der Waals surface area contributed by atoms with Crippen molar-refractivity contribution >= 4 is 27.7 Å². The molecule has 0 spiro atoms. The number of carbonyl (C=O) groups excluding carboxylic acids is 1. The van der Waals surface area contributed by atoms with Crippen LogP contribution < -0.4 is 10.1 Å². The van der Waals surface area contributed by atoms with Crippen molar-refractivity contribution in [1.29, 1.82) is 0 Å². The van der Waals surface area contributed by atoms with E-state index in [1.54, 1.807) is 33.0 Å². The van der Waals surface area contributed by atoms with E-state index >= 15 is 0 Å². The number of hydrogen-bond acceptors (Lipinski definition) is 5. The van der Waals surface area contributed by atoms with Crippen LogP contribution in [0, 0.1) is 0 Å². The first-order valence-electron chi connectivity index (χ1n) is 6.73. The topological polar surface area (TPSA) is 69.7 Å². The highest BCUT2D eigenvalue weighted by atomic mass is 79.9. The van der Waals surface area contributed by atoms with Gasteiger partial charge in [0, 0.05) is 13.0 Å². The van der Waals surface area contributed by atoms with Gasteiger partial charge in [-0.1, -0.05) is 0 Å². The summed E-state index contributed by atoms with van der Waals surface area (Å²) < 4.78 is 16.8. The van der Waals surface area contributed by atoms with E-state index in [0.29, 0.717) is 22.6 Å². The van der Waals surface area contributed by atoms with E-state index in [9.17, 15) is 4.79 Å². The summed E-state index contributed by atoms with van der Waals surface area (Å²) in [7, 11) is 0. The Bertz CT molecular complexity index is 512. The highest BCUT2D eigenvalue weighted by Crippen LogP contribution is 2.27. The zero-order valence-electron chi connectivity index (χ0n) is 12.3. The second-order valence-corrected chi connectivity index (χ2v) is 6.54. The third-order valence-corrected chi connectivity index (χ3v) is 3.12. The third kappa shape index (κ3) is 5.17. The van der Waals surface area contributed by atoms with Crippen molar-refractivity contribution in [2.75, 3.05) is 18.5 Å². The fourth-order valence-electron chi connectivity index (χ4n) is 1.64. The number of amides is 1. The molecule has 0 aromatic carbocycles. The summed E-state index contributed by atoms with van der Waals surface area (Å²) in [5.41, 5.74) is -0.0553. The standard InChI is InChI=1S/C14H19BrN2O4/c1-14(2,3)21-13(18)17-10-6-12(15)16-7-11(10)20-8-9-4-5-19-9/h6-7,9H,4-5,8H2,1-3H3,(H,16,17,18). The maximum Gasteiger partial charge on any atom is 0.412 e. The molecule has 1 aliphatic rings. The van der Waals surface area contributed by atoms with Gasteiger partial charge in [0.25, 0.3) is 0 Å². The molecule has 2 rings (SSSR count). The number of rotatable bonds is 4. The lowest BCUT2D eigenvalue weighted by Gasteiger charge is -2.26. The van der Waals surface area contributed by atoms with Gasteiger partial charge < -0.3 is 14.2 Å². The highest BCUT2D eigenvalue weighted by Gasteiger charge is 2.21. The number of aromatic nitrogens is 1. The van der Waals surface area contributed by atoms with Crippen molar-refractivity contribution in [3.05, 3.63) is 16.9 Å². The normalized spacial score (nSPS) is 17.8. The molecule has 1 unspecified atom stereocenters. The van der Waals surface area contributed by atoms with Crippen LogP contribution in [0.15, 0.2) is 16.9 Å². The summed E-state index contributed by atoms with van der Waals surface area (Å²) in [4.78, 5) is 15.9. The number of nitrogens with one attached hydrogen (secondary N) is 1. The Morgan fingerprint density at radius 3 is 2.86 bits per heavy atom. The number of halogens is 1. The van der Waals surface area contributed by atoms with Crippen molar-refractivity contribution in [1.82, 2.24) is 4.98 Å². The smallest absolute Gasteiger partial charge is 0.412 e. The second-order valence-electron chi connectivity index (χ2n) is 5.72. The molecule has 1 atom stereocenters. The maximum absolute atomic E-state index is 11.8. The fourth-order valence-corrected chi connectivity index (χ4v) is 1.97. The molecule has 21 heavy (non-hydrogen) atoms. The van der Waals surface area contributed by atoms with Crippen LogP contribution in [-0.2, 0) is 9.47 Å². The van der Waals surface area contributed by atoms with Crippen molar-refractivity contribution in [2.45, 2.75) is 38.9 Å². The molecule has 0 bridgehead atoms. The van der Waals surface area contributed by atoms with Crippen LogP contribution >= 0.6 is 15.9 Å². The largest absolute Gasteiger partial charge is 0.487 e. The maximum atomic E-state index is 11.8. The molecule has 0 saturated carbocycles. The lowest BCUT2D eigenvalue weighted by molar-refractivity contribution is -0.0720. The minimum atomic E-state index is -0.560. The predicted octanol–water partition coefficient (Wildman–Crippen LogP) is 3.36. The summed E-state index contributed by atoms with van der Waals surface area (Å²) in [5.74, 6) is 0.486. The Balaban J connectivity index is 2.01. The van der Waals surface area contributed by atoms with E-state index in [-0.39, 0.29) is 6.10 Å². The first-order valence-corrected chi connectivity index (χ1v) is 7.53. The predicted molar refractivity (Wildman–Crippen MR) is 81.6 cm³/mol. The zero-order valence-corrected chi connectivity index (χ0v) is 13.9. The van der Waals surface area contributed by atoms with Crippen molar-refractivity contribution in [3.8, 4) is 5.75 Å². The number of carbonyl (C=O) groups is 1. The van der Waals surface area contributed by atoms with Gasteiger partial charge in [-0.3, -0.25) is 5.32 Å². The molecule has 1 fully saturated rings. The van der Waals surface area contributed by atoms with E-state index < -0.39 is 11.7 Å². The van der Waals surface area contributed by atoms with Crippen LogP contribution in [0.25, 0.3) is 0 Å². The first-order chi connectivity index (χ1) is 9.83. The van der Waals surface area contributed by atoms with Gasteiger partial charge in [-0.25, -0.2) is 9.78 Å². The number of hydrogen-bond donors (Lipinski definition) is 1. The Hall–Kier alpha value is -1.34. The van der Waals surface area contributed by atoms with Gasteiger partial charge in [-0.2, -0.15) is 0 Å².